The van der Waals surface area contributed by atoms with Gasteiger partial charge in [0, 0.05) is 12.2 Å². The van der Waals surface area contributed by atoms with Gasteiger partial charge >= 0.3 is 0 Å². The van der Waals surface area contributed by atoms with Crippen LogP contribution in [-0.4, -0.2) is 13.4 Å². The number of nitrogens with one attached hydrogen (secondary N) is 1. The summed E-state index contributed by atoms with van der Waals surface area (Å²) < 4.78 is 40.0. The molecule has 3 N–H and O–H groups in total. The lowest BCUT2D eigenvalue weighted by atomic mass is 10.1. The summed E-state index contributed by atoms with van der Waals surface area (Å²) in [5.74, 6) is -0.385. The van der Waals surface area contributed by atoms with Crippen LogP contribution in [0.3, 0.4) is 0 Å². The number of halogens is 2. The highest BCUT2D eigenvalue weighted by Gasteiger charge is 2.20. The fourth-order valence-electron chi connectivity index (χ4n) is 1.72. The molecule has 0 fully saturated rings. The normalized spacial score (nSPS) is 13.1. The molecule has 8 heteroatoms. The van der Waals surface area contributed by atoms with E-state index in [0.717, 1.165) is 6.20 Å². The zero-order valence-electron chi connectivity index (χ0n) is 11.0. The number of nitrogen functional groups attached to an aromatic ring is 1. The first-order valence-electron chi connectivity index (χ1n) is 5.98. The van der Waals surface area contributed by atoms with Crippen LogP contribution < -0.4 is 10.5 Å². The first-order chi connectivity index (χ1) is 9.79. The van der Waals surface area contributed by atoms with Crippen LogP contribution in [0.2, 0.25) is 5.02 Å². The van der Waals surface area contributed by atoms with Crippen molar-refractivity contribution in [2.24, 2.45) is 0 Å². The Labute approximate surface area is 127 Å². The Morgan fingerprint density at radius 3 is 2.71 bits per heavy atom. The predicted octanol–water partition coefficient (Wildman–Crippen LogP) is 2.50. The third-order valence-corrected chi connectivity index (χ3v) is 4.65. The summed E-state index contributed by atoms with van der Waals surface area (Å²) in [5, 5.41) is 0.0521. The first-order valence-corrected chi connectivity index (χ1v) is 7.84. The molecule has 5 nitrogen and oxygen atoms in total. The number of hydrogen-bond acceptors (Lipinski definition) is 4. The SMILES string of the molecule is CC(NS(=O)(=O)c1cnc(N)c(Cl)c1)c1cccc(F)c1. The lowest BCUT2D eigenvalue weighted by Gasteiger charge is -2.15. The maximum atomic E-state index is 13.2. The van der Waals surface area contributed by atoms with Gasteiger partial charge in [0.15, 0.2) is 0 Å². The van der Waals surface area contributed by atoms with Crippen LogP contribution >= 0.6 is 11.6 Å². The van der Waals surface area contributed by atoms with Gasteiger partial charge in [0.2, 0.25) is 10.0 Å². The number of benzene rings is 1. The lowest BCUT2D eigenvalue weighted by molar-refractivity contribution is 0.564. The molecular formula is C13H13ClFN3O2S. The monoisotopic (exact) mass is 329 g/mol. The summed E-state index contributed by atoms with van der Waals surface area (Å²) in [7, 11) is -3.83. The van der Waals surface area contributed by atoms with Crippen molar-refractivity contribution in [2.75, 3.05) is 5.73 Å². The minimum Gasteiger partial charge on any atom is -0.382 e. The van der Waals surface area contributed by atoms with Crippen LogP contribution in [0.1, 0.15) is 18.5 Å². The summed E-state index contributed by atoms with van der Waals surface area (Å²) in [6, 6.07) is 6.30. The van der Waals surface area contributed by atoms with Crippen molar-refractivity contribution in [3.05, 3.63) is 52.9 Å². The number of aromatic nitrogens is 1. The summed E-state index contributed by atoms with van der Waals surface area (Å²) in [6.45, 7) is 1.61. The molecule has 1 heterocycles. The molecule has 1 aromatic carbocycles. The number of anilines is 1. The highest BCUT2D eigenvalue weighted by molar-refractivity contribution is 7.89. The zero-order valence-corrected chi connectivity index (χ0v) is 12.6. The molecule has 0 amide bonds. The van der Waals surface area contributed by atoms with E-state index in [2.05, 4.69) is 9.71 Å². The Hall–Kier alpha value is -1.70. The number of pyridine rings is 1. The van der Waals surface area contributed by atoms with Gasteiger partial charge in [-0.3, -0.25) is 0 Å². The largest absolute Gasteiger partial charge is 0.382 e. The molecule has 2 rings (SSSR count). The van der Waals surface area contributed by atoms with E-state index in [1.807, 2.05) is 0 Å². The Kier molecular flexibility index (Phi) is 4.46. The van der Waals surface area contributed by atoms with Crippen molar-refractivity contribution in [1.29, 1.82) is 0 Å². The fraction of sp³-hybridized carbons (Fsp3) is 0.154. The van der Waals surface area contributed by atoms with Gasteiger partial charge in [-0.05, 0) is 30.7 Å². The molecule has 2 aromatic rings. The van der Waals surface area contributed by atoms with Crippen molar-refractivity contribution in [3.63, 3.8) is 0 Å². The Bertz CT molecular complexity index is 768. The second-order valence-corrected chi connectivity index (χ2v) is 6.56. The van der Waals surface area contributed by atoms with Crippen LogP contribution in [0.15, 0.2) is 41.4 Å². The number of nitrogens with zero attached hydrogens (tertiary/aromatic N) is 1. The molecule has 0 radical (unpaired) electrons. The third-order valence-electron chi connectivity index (χ3n) is 2.84. The summed E-state index contributed by atoms with van der Waals surface area (Å²) in [6.07, 6.45) is 1.11. The van der Waals surface area contributed by atoms with Crippen molar-refractivity contribution in [3.8, 4) is 0 Å². The molecule has 0 aliphatic heterocycles. The molecule has 0 saturated carbocycles. The maximum absolute atomic E-state index is 13.2. The second-order valence-electron chi connectivity index (χ2n) is 4.44. The Balaban J connectivity index is 2.26. The van der Waals surface area contributed by atoms with Crippen LogP contribution in [0, 0.1) is 5.82 Å². The topological polar surface area (TPSA) is 85.1 Å². The van der Waals surface area contributed by atoms with Crippen molar-refractivity contribution < 1.29 is 12.8 Å². The number of hydrogen-bond donors (Lipinski definition) is 2. The van der Waals surface area contributed by atoms with Crippen LogP contribution in [0.4, 0.5) is 10.2 Å². The van der Waals surface area contributed by atoms with Gasteiger partial charge in [0.25, 0.3) is 0 Å². The molecule has 0 spiro atoms. The lowest BCUT2D eigenvalue weighted by Crippen LogP contribution is -2.27. The smallest absolute Gasteiger partial charge is 0.242 e. The molecule has 1 atom stereocenters. The van der Waals surface area contributed by atoms with Gasteiger partial charge in [-0.15, -0.1) is 0 Å². The average molecular weight is 330 g/mol. The average Bonchev–Trinajstić information content (AvgIpc) is 2.41. The Morgan fingerprint density at radius 2 is 2.10 bits per heavy atom. The van der Waals surface area contributed by atoms with Gasteiger partial charge in [0.05, 0.1) is 5.02 Å². The van der Waals surface area contributed by atoms with Crippen LogP contribution in [-0.2, 0) is 10.0 Å². The van der Waals surface area contributed by atoms with E-state index in [1.165, 1.54) is 24.3 Å². The van der Waals surface area contributed by atoms with E-state index < -0.39 is 21.9 Å². The molecule has 0 aliphatic rings. The number of sulfonamides is 1. The highest BCUT2D eigenvalue weighted by Crippen LogP contribution is 2.22. The Morgan fingerprint density at radius 1 is 1.38 bits per heavy atom. The van der Waals surface area contributed by atoms with Gasteiger partial charge in [0.1, 0.15) is 16.5 Å². The minimum absolute atomic E-state index is 0.0498. The van der Waals surface area contributed by atoms with E-state index in [-0.39, 0.29) is 15.7 Å². The van der Waals surface area contributed by atoms with E-state index >= 15 is 0 Å². The van der Waals surface area contributed by atoms with E-state index in [0.29, 0.717) is 5.56 Å². The fourth-order valence-corrected chi connectivity index (χ4v) is 3.16. The van der Waals surface area contributed by atoms with Crippen molar-refractivity contribution >= 4 is 27.4 Å². The molecule has 112 valence electrons. The van der Waals surface area contributed by atoms with Gasteiger partial charge in [-0.1, -0.05) is 23.7 Å². The minimum atomic E-state index is -3.83. The van der Waals surface area contributed by atoms with E-state index in [9.17, 15) is 12.8 Å². The molecule has 0 bridgehead atoms. The summed E-state index contributed by atoms with van der Waals surface area (Å²) in [5.41, 5.74) is 5.95. The second kappa shape index (κ2) is 5.97. The molecule has 21 heavy (non-hydrogen) atoms. The highest BCUT2D eigenvalue weighted by atomic mass is 35.5. The van der Waals surface area contributed by atoms with Crippen LogP contribution in [0.25, 0.3) is 0 Å². The van der Waals surface area contributed by atoms with Crippen molar-refractivity contribution in [2.45, 2.75) is 17.9 Å². The maximum Gasteiger partial charge on any atom is 0.242 e. The summed E-state index contributed by atoms with van der Waals surface area (Å²) in [4.78, 5) is 3.60. The van der Waals surface area contributed by atoms with Crippen molar-refractivity contribution in [1.82, 2.24) is 9.71 Å². The van der Waals surface area contributed by atoms with E-state index in [1.54, 1.807) is 13.0 Å². The van der Waals surface area contributed by atoms with Gasteiger partial charge in [-0.25, -0.2) is 22.5 Å². The third kappa shape index (κ3) is 3.69. The molecule has 0 aliphatic carbocycles. The summed E-state index contributed by atoms with van der Waals surface area (Å²) >= 11 is 5.76. The molecule has 1 aromatic heterocycles. The zero-order chi connectivity index (χ0) is 15.6. The first kappa shape index (κ1) is 15.7. The standard InChI is InChI=1S/C13H13ClFN3O2S/c1-8(9-3-2-4-10(15)5-9)18-21(19,20)11-6-12(14)13(16)17-7-11/h2-8,18H,1H3,(H2,16,17). The predicted molar refractivity (Wildman–Crippen MR) is 78.8 cm³/mol. The van der Waals surface area contributed by atoms with Gasteiger partial charge in [-0.2, -0.15) is 0 Å². The van der Waals surface area contributed by atoms with Crippen LogP contribution in [0.5, 0.6) is 0 Å². The number of nitrogens with two attached hydrogens (primary N) is 1. The van der Waals surface area contributed by atoms with Gasteiger partial charge < -0.3 is 5.73 Å². The molecular weight excluding hydrogens is 317 g/mol. The number of rotatable bonds is 4. The quantitative estimate of drug-likeness (QED) is 0.902. The molecule has 1 unspecified atom stereocenters. The van der Waals surface area contributed by atoms with E-state index in [4.69, 9.17) is 17.3 Å². The molecule has 0 saturated heterocycles.